The molecule has 0 bridgehead atoms. The highest BCUT2D eigenvalue weighted by Gasteiger charge is 2.11. The van der Waals surface area contributed by atoms with E-state index in [1.807, 2.05) is 30.1 Å². The molecule has 4 heteroatoms. The predicted octanol–water partition coefficient (Wildman–Crippen LogP) is 2.36. The zero-order chi connectivity index (χ0) is 13.7. The molecule has 1 heterocycles. The van der Waals surface area contributed by atoms with E-state index in [1.165, 1.54) is 6.07 Å². The van der Waals surface area contributed by atoms with Gasteiger partial charge >= 0.3 is 0 Å². The van der Waals surface area contributed by atoms with Crippen LogP contribution in [0.4, 0.5) is 10.1 Å². The molecule has 0 aliphatic heterocycles. The lowest BCUT2D eigenvalue weighted by Crippen LogP contribution is -2.19. The summed E-state index contributed by atoms with van der Waals surface area (Å²) in [6.07, 6.45) is 4.06. The van der Waals surface area contributed by atoms with Gasteiger partial charge in [-0.15, -0.1) is 0 Å². The largest absolute Gasteiger partial charge is 0.370 e. The number of anilines is 1. The van der Waals surface area contributed by atoms with Gasteiger partial charge in [0.2, 0.25) is 0 Å². The Kier molecular flexibility index (Phi) is 4.47. The van der Waals surface area contributed by atoms with Crippen LogP contribution in [0.2, 0.25) is 0 Å². The minimum atomic E-state index is -0.190. The normalized spacial score (nSPS) is 10.5. The maximum Gasteiger partial charge on any atom is 0.128 e. The fraction of sp³-hybridized carbons (Fsp3) is 0.267. The van der Waals surface area contributed by atoms with Gasteiger partial charge in [-0.2, -0.15) is 0 Å². The molecule has 2 aromatic rings. The van der Waals surface area contributed by atoms with Crippen molar-refractivity contribution in [2.75, 3.05) is 18.5 Å². The summed E-state index contributed by atoms with van der Waals surface area (Å²) >= 11 is 0. The summed E-state index contributed by atoms with van der Waals surface area (Å²) in [5.74, 6) is -0.190. The van der Waals surface area contributed by atoms with Crippen molar-refractivity contribution in [1.82, 2.24) is 4.98 Å². The third-order valence-corrected chi connectivity index (χ3v) is 3.07. The molecule has 0 fully saturated rings. The lowest BCUT2D eigenvalue weighted by molar-refractivity contribution is 0.608. The number of aromatic nitrogens is 1. The monoisotopic (exact) mass is 259 g/mol. The standard InChI is InChI=1S/C15H18FN3/c1-19(11-12-6-9-18-10-7-12)15-4-2-3-14(16)13(15)5-8-17/h2-4,6-7,9-10H,5,8,11,17H2,1H3. The minimum Gasteiger partial charge on any atom is -0.370 e. The topological polar surface area (TPSA) is 42.2 Å². The molecule has 0 atom stereocenters. The van der Waals surface area contributed by atoms with Gasteiger partial charge in [0.05, 0.1) is 0 Å². The number of rotatable bonds is 5. The second-order valence-corrected chi connectivity index (χ2v) is 4.49. The first-order chi connectivity index (χ1) is 9.22. The van der Waals surface area contributed by atoms with E-state index in [-0.39, 0.29) is 5.82 Å². The van der Waals surface area contributed by atoms with Crippen molar-refractivity contribution in [3.05, 3.63) is 59.7 Å². The minimum absolute atomic E-state index is 0.190. The van der Waals surface area contributed by atoms with Gasteiger partial charge in [-0.3, -0.25) is 4.98 Å². The highest BCUT2D eigenvalue weighted by Crippen LogP contribution is 2.24. The third kappa shape index (κ3) is 3.29. The molecule has 100 valence electrons. The Morgan fingerprint density at radius 1 is 1.21 bits per heavy atom. The van der Waals surface area contributed by atoms with Gasteiger partial charge in [-0.05, 0) is 42.8 Å². The van der Waals surface area contributed by atoms with E-state index < -0.39 is 0 Å². The highest BCUT2D eigenvalue weighted by atomic mass is 19.1. The van der Waals surface area contributed by atoms with E-state index in [2.05, 4.69) is 4.98 Å². The van der Waals surface area contributed by atoms with E-state index in [0.717, 1.165) is 11.3 Å². The lowest BCUT2D eigenvalue weighted by Gasteiger charge is -2.23. The number of hydrogen-bond acceptors (Lipinski definition) is 3. The summed E-state index contributed by atoms with van der Waals surface area (Å²) in [6.45, 7) is 1.15. The maximum atomic E-state index is 13.8. The molecule has 1 aromatic heterocycles. The van der Waals surface area contributed by atoms with Crippen LogP contribution >= 0.6 is 0 Å². The molecule has 3 nitrogen and oxygen atoms in total. The fourth-order valence-corrected chi connectivity index (χ4v) is 2.14. The van der Waals surface area contributed by atoms with Crippen LogP contribution in [0.25, 0.3) is 0 Å². The van der Waals surface area contributed by atoms with Crippen LogP contribution in [0.1, 0.15) is 11.1 Å². The molecule has 0 amide bonds. The fourth-order valence-electron chi connectivity index (χ4n) is 2.14. The quantitative estimate of drug-likeness (QED) is 0.896. The molecule has 2 N–H and O–H groups in total. The number of halogens is 1. The van der Waals surface area contributed by atoms with Crippen molar-refractivity contribution in [3.8, 4) is 0 Å². The van der Waals surface area contributed by atoms with Crippen LogP contribution in [0.15, 0.2) is 42.7 Å². The number of benzene rings is 1. The van der Waals surface area contributed by atoms with E-state index in [4.69, 9.17) is 5.73 Å². The second-order valence-electron chi connectivity index (χ2n) is 4.49. The summed E-state index contributed by atoms with van der Waals surface area (Å²) in [4.78, 5) is 6.02. The van der Waals surface area contributed by atoms with E-state index in [0.29, 0.717) is 25.1 Å². The van der Waals surface area contributed by atoms with Crippen LogP contribution in [0.3, 0.4) is 0 Å². The first-order valence-corrected chi connectivity index (χ1v) is 6.30. The smallest absolute Gasteiger partial charge is 0.128 e. The van der Waals surface area contributed by atoms with Gasteiger partial charge in [0.1, 0.15) is 5.82 Å². The summed E-state index contributed by atoms with van der Waals surface area (Å²) in [7, 11) is 1.95. The maximum absolute atomic E-state index is 13.8. The van der Waals surface area contributed by atoms with Gasteiger partial charge in [0.15, 0.2) is 0 Å². The number of nitrogens with zero attached hydrogens (tertiary/aromatic N) is 2. The van der Waals surface area contributed by atoms with Crippen LogP contribution in [0, 0.1) is 5.82 Å². The van der Waals surface area contributed by atoms with Gasteiger partial charge in [-0.25, -0.2) is 4.39 Å². The van der Waals surface area contributed by atoms with Crippen molar-refractivity contribution in [2.45, 2.75) is 13.0 Å². The van der Waals surface area contributed by atoms with Crippen molar-refractivity contribution in [3.63, 3.8) is 0 Å². The average molecular weight is 259 g/mol. The zero-order valence-corrected chi connectivity index (χ0v) is 11.0. The van der Waals surface area contributed by atoms with Crippen molar-refractivity contribution in [2.24, 2.45) is 5.73 Å². The Morgan fingerprint density at radius 2 is 1.95 bits per heavy atom. The Morgan fingerprint density at radius 3 is 2.63 bits per heavy atom. The molecular weight excluding hydrogens is 241 g/mol. The van der Waals surface area contributed by atoms with Gasteiger partial charge in [0, 0.05) is 37.2 Å². The Hall–Kier alpha value is -1.94. The molecule has 0 radical (unpaired) electrons. The van der Waals surface area contributed by atoms with Gasteiger partial charge in [-0.1, -0.05) is 6.07 Å². The summed E-state index contributed by atoms with van der Waals surface area (Å²) in [5.41, 5.74) is 8.27. The molecule has 19 heavy (non-hydrogen) atoms. The zero-order valence-electron chi connectivity index (χ0n) is 11.0. The SMILES string of the molecule is CN(Cc1ccncc1)c1cccc(F)c1CCN. The highest BCUT2D eigenvalue weighted by molar-refractivity contribution is 5.54. The molecule has 1 aromatic carbocycles. The van der Waals surface area contributed by atoms with Gasteiger partial charge < -0.3 is 10.6 Å². The Bertz CT molecular complexity index is 528. The Labute approximate surface area is 112 Å². The molecule has 2 rings (SSSR count). The Balaban J connectivity index is 2.23. The predicted molar refractivity (Wildman–Crippen MR) is 75.5 cm³/mol. The summed E-state index contributed by atoms with van der Waals surface area (Å²) < 4.78 is 13.8. The third-order valence-electron chi connectivity index (χ3n) is 3.07. The number of hydrogen-bond donors (Lipinski definition) is 1. The van der Waals surface area contributed by atoms with Crippen molar-refractivity contribution < 1.29 is 4.39 Å². The molecule has 0 saturated carbocycles. The van der Waals surface area contributed by atoms with Crippen LogP contribution in [-0.4, -0.2) is 18.6 Å². The molecule has 0 aliphatic carbocycles. The van der Waals surface area contributed by atoms with E-state index in [9.17, 15) is 4.39 Å². The second kappa shape index (κ2) is 6.29. The van der Waals surface area contributed by atoms with Crippen molar-refractivity contribution >= 4 is 5.69 Å². The van der Waals surface area contributed by atoms with E-state index >= 15 is 0 Å². The first-order valence-electron chi connectivity index (χ1n) is 6.30. The number of pyridine rings is 1. The van der Waals surface area contributed by atoms with Crippen LogP contribution in [0.5, 0.6) is 0 Å². The average Bonchev–Trinajstić information content (AvgIpc) is 2.42. The molecule has 0 unspecified atom stereocenters. The molecule has 0 spiro atoms. The summed E-state index contributed by atoms with van der Waals surface area (Å²) in [6, 6.07) is 9.05. The van der Waals surface area contributed by atoms with Crippen LogP contribution in [-0.2, 0) is 13.0 Å². The van der Waals surface area contributed by atoms with Crippen molar-refractivity contribution in [1.29, 1.82) is 0 Å². The molecule has 0 saturated heterocycles. The first kappa shape index (κ1) is 13.5. The number of nitrogens with two attached hydrogens (primary N) is 1. The molecular formula is C15H18FN3. The lowest BCUT2D eigenvalue weighted by atomic mass is 10.1. The summed E-state index contributed by atoms with van der Waals surface area (Å²) in [5, 5.41) is 0. The van der Waals surface area contributed by atoms with Crippen LogP contribution < -0.4 is 10.6 Å². The van der Waals surface area contributed by atoms with E-state index in [1.54, 1.807) is 18.5 Å². The van der Waals surface area contributed by atoms with Gasteiger partial charge in [0.25, 0.3) is 0 Å². The molecule has 0 aliphatic rings.